The molecule has 2 amide bonds. The number of carbonyl (C=O) groups excluding carboxylic acids is 2. The fraction of sp³-hybridized carbons (Fsp3) is 0.438. The molecule has 128 valence electrons. The molecule has 3 rings (SSSR count). The summed E-state index contributed by atoms with van der Waals surface area (Å²) < 4.78 is 13.3. The molecule has 1 aliphatic rings. The molecule has 24 heavy (non-hydrogen) atoms. The van der Waals surface area contributed by atoms with Crippen molar-refractivity contribution in [2.24, 2.45) is 5.73 Å². The van der Waals surface area contributed by atoms with Crippen LogP contribution in [0.25, 0.3) is 10.2 Å². The first-order valence-electron chi connectivity index (χ1n) is 7.82. The highest BCUT2D eigenvalue weighted by molar-refractivity contribution is 7.18. The standard InChI is InChI=1S/C16H19FN4O2S/c17-5-6-20-7-9-21(10-8-20)16(23)13(14(18)22)15-19-11-3-1-2-4-12(11)24-15/h1-4,13H,5-10H2,(H2,18,22)/t13-/m1/s1. The van der Waals surface area contributed by atoms with Gasteiger partial charge in [-0.1, -0.05) is 12.1 Å². The Balaban J connectivity index is 1.78. The number of para-hydroxylation sites is 1. The van der Waals surface area contributed by atoms with E-state index in [1.807, 2.05) is 29.2 Å². The molecule has 2 aromatic rings. The van der Waals surface area contributed by atoms with E-state index in [0.29, 0.717) is 37.7 Å². The minimum atomic E-state index is -1.06. The minimum Gasteiger partial charge on any atom is -0.369 e. The van der Waals surface area contributed by atoms with Gasteiger partial charge < -0.3 is 10.6 Å². The van der Waals surface area contributed by atoms with Crippen molar-refractivity contribution < 1.29 is 14.0 Å². The van der Waals surface area contributed by atoms with Gasteiger partial charge in [0.25, 0.3) is 0 Å². The summed E-state index contributed by atoms with van der Waals surface area (Å²) in [6.07, 6.45) is 0. The van der Waals surface area contributed by atoms with Crippen molar-refractivity contribution >= 4 is 33.4 Å². The fourth-order valence-corrected chi connectivity index (χ4v) is 3.93. The van der Waals surface area contributed by atoms with Crippen molar-refractivity contribution in [2.75, 3.05) is 39.4 Å². The van der Waals surface area contributed by atoms with Crippen molar-refractivity contribution in [3.8, 4) is 0 Å². The lowest BCUT2D eigenvalue weighted by Crippen LogP contribution is -2.51. The topological polar surface area (TPSA) is 79.5 Å². The second-order valence-corrected chi connectivity index (χ2v) is 6.77. The molecule has 0 spiro atoms. The van der Waals surface area contributed by atoms with Crippen molar-refractivity contribution in [2.45, 2.75) is 5.92 Å². The summed E-state index contributed by atoms with van der Waals surface area (Å²) in [6, 6.07) is 7.48. The highest BCUT2D eigenvalue weighted by atomic mass is 32.1. The predicted octanol–water partition coefficient (Wildman–Crippen LogP) is 0.979. The Morgan fingerprint density at radius 2 is 1.96 bits per heavy atom. The molecule has 8 heteroatoms. The van der Waals surface area contributed by atoms with Crippen LogP contribution >= 0.6 is 11.3 Å². The molecule has 2 N–H and O–H groups in total. The van der Waals surface area contributed by atoms with Gasteiger partial charge in [-0.3, -0.25) is 14.5 Å². The van der Waals surface area contributed by atoms with E-state index in [-0.39, 0.29) is 5.91 Å². The zero-order valence-electron chi connectivity index (χ0n) is 13.2. The molecular formula is C16H19FN4O2S. The molecule has 1 saturated heterocycles. The number of primary amides is 1. The number of piperazine rings is 1. The van der Waals surface area contributed by atoms with Gasteiger partial charge in [0.1, 0.15) is 11.7 Å². The summed E-state index contributed by atoms with van der Waals surface area (Å²) in [5.41, 5.74) is 6.25. The number of hydrogen-bond acceptors (Lipinski definition) is 5. The van der Waals surface area contributed by atoms with Crippen LogP contribution < -0.4 is 5.73 Å². The lowest BCUT2D eigenvalue weighted by atomic mass is 10.1. The summed E-state index contributed by atoms with van der Waals surface area (Å²) in [4.78, 5) is 32.7. The molecule has 1 atom stereocenters. The van der Waals surface area contributed by atoms with E-state index in [4.69, 9.17) is 5.73 Å². The Bertz CT molecular complexity index is 710. The third-order valence-corrected chi connectivity index (χ3v) is 5.27. The average molecular weight is 350 g/mol. The number of hydrogen-bond donors (Lipinski definition) is 1. The molecule has 0 saturated carbocycles. The second-order valence-electron chi connectivity index (χ2n) is 5.71. The van der Waals surface area contributed by atoms with Gasteiger partial charge in [0.15, 0.2) is 5.92 Å². The van der Waals surface area contributed by atoms with Crippen LogP contribution in [0.4, 0.5) is 4.39 Å². The second kappa shape index (κ2) is 7.23. The highest BCUT2D eigenvalue weighted by Crippen LogP contribution is 2.29. The number of nitrogens with zero attached hydrogens (tertiary/aromatic N) is 3. The number of amides is 2. The Morgan fingerprint density at radius 1 is 1.25 bits per heavy atom. The molecule has 1 aromatic carbocycles. The summed E-state index contributed by atoms with van der Waals surface area (Å²) in [7, 11) is 0. The minimum absolute atomic E-state index is 0.318. The molecule has 2 heterocycles. The first-order valence-corrected chi connectivity index (χ1v) is 8.63. The van der Waals surface area contributed by atoms with E-state index >= 15 is 0 Å². The van der Waals surface area contributed by atoms with Gasteiger partial charge in [-0.05, 0) is 12.1 Å². The summed E-state index contributed by atoms with van der Waals surface area (Å²) in [5.74, 6) is -2.07. The number of carbonyl (C=O) groups is 2. The largest absolute Gasteiger partial charge is 0.369 e. The first-order chi connectivity index (χ1) is 11.6. The number of benzene rings is 1. The van der Waals surface area contributed by atoms with Crippen molar-refractivity contribution in [3.05, 3.63) is 29.3 Å². The molecule has 6 nitrogen and oxygen atoms in total. The number of alkyl halides is 1. The molecule has 1 aromatic heterocycles. The van der Waals surface area contributed by atoms with Crippen LogP contribution in [-0.2, 0) is 9.59 Å². The van der Waals surface area contributed by atoms with E-state index in [9.17, 15) is 14.0 Å². The van der Waals surface area contributed by atoms with Gasteiger partial charge in [-0.2, -0.15) is 0 Å². The quantitative estimate of drug-likeness (QED) is 0.815. The van der Waals surface area contributed by atoms with Crippen LogP contribution in [0.2, 0.25) is 0 Å². The SMILES string of the molecule is NC(=O)[C@@H](C(=O)N1CCN(CCF)CC1)c1nc2ccccc2s1. The lowest BCUT2D eigenvalue weighted by Gasteiger charge is -2.35. The van der Waals surface area contributed by atoms with Gasteiger partial charge in [-0.25, -0.2) is 9.37 Å². The third-order valence-electron chi connectivity index (χ3n) is 4.17. The summed E-state index contributed by atoms with van der Waals surface area (Å²) in [5, 5.41) is 0.430. The van der Waals surface area contributed by atoms with Gasteiger partial charge in [0.2, 0.25) is 11.8 Å². The van der Waals surface area contributed by atoms with Gasteiger partial charge in [0, 0.05) is 32.7 Å². The van der Waals surface area contributed by atoms with Gasteiger partial charge in [0.05, 0.1) is 10.2 Å². The number of rotatable bonds is 5. The van der Waals surface area contributed by atoms with E-state index in [2.05, 4.69) is 4.98 Å². The Morgan fingerprint density at radius 3 is 2.58 bits per heavy atom. The van der Waals surface area contributed by atoms with Crippen molar-refractivity contribution in [1.82, 2.24) is 14.8 Å². The van der Waals surface area contributed by atoms with E-state index < -0.39 is 18.5 Å². The van der Waals surface area contributed by atoms with Crippen LogP contribution in [0.5, 0.6) is 0 Å². The molecule has 0 unspecified atom stereocenters. The van der Waals surface area contributed by atoms with Crippen LogP contribution in [0.3, 0.4) is 0 Å². The fourth-order valence-electron chi connectivity index (χ4n) is 2.86. The number of nitrogens with two attached hydrogens (primary N) is 1. The van der Waals surface area contributed by atoms with Gasteiger partial charge >= 0.3 is 0 Å². The zero-order chi connectivity index (χ0) is 17.1. The number of thiazole rings is 1. The van der Waals surface area contributed by atoms with Crippen LogP contribution in [0.15, 0.2) is 24.3 Å². The highest BCUT2D eigenvalue weighted by Gasteiger charge is 2.34. The van der Waals surface area contributed by atoms with Crippen molar-refractivity contribution in [3.63, 3.8) is 0 Å². The molecule has 0 radical (unpaired) electrons. The van der Waals surface area contributed by atoms with E-state index in [0.717, 1.165) is 10.2 Å². The lowest BCUT2D eigenvalue weighted by molar-refractivity contribution is -0.138. The Kier molecular flexibility index (Phi) is 5.06. The summed E-state index contributed by atoms with van der Waals surface area (Å²) >= 11 is 1.32. The number of aromatic nitrogens is 1. The predicted molar refractivity (Wildman–Crippen MR) is 90.6 cm³/mol. The molecular weight excluding hydrogens is 331 g/mol. The maximum atomic E-state index is 12.8. The molecule has 0 aliphatic carbocycles. The third kappa shape index (κ3) is 3.39. The average Bonchev–Trinajstić information content (AvgIpc) is 2.98. The number of halogens is 1. The molecule has 0 bridgehead atoms. The van der Waals surface area contributed by atoms with Crippen molar-refractivity contribution in [1.29, 1.82) is 0 Å². The van der Waals surface area contributed by atoms with Crippen LogP contribution in [-0.4, -0.2) is 66.0 Å². The Labute approximate surface area is 143 Å². The van der Waals surface area contributed by atoms with Crippen LogP contribution in [0, 0.1) is 0 Å². The van der Waals surface area contributed by atoms with Crippen LogP contribution in [0.1, 0.15) is 10.9 Å². The Hall–Kier alpha value is -2.06. The first kappa shape index (κ1) is 16.8. The van der Waals surface area contributed by atoms with E-state index in [1.165, 1.54) is 11.3 Å². The monoisotopic (exact) mass is 350 g/mol. The van der Waals surface area contributed by atoms with Gasteiger partial charge in [-0.15, -0.1) is 11.3 Å². The smallest absolute Gasteiger partial charge is 0.242 e. The maximum absolute atomic E-state index is 12.8. The summed E-state index contributed by atoms with van der Waals surface area (Å²) in [6.45, 7) is 2.10. The molecule has 1 fully saturated rings. The number of fused-ring (bicyclic) bond motifs is 1. The maximum Gasteiger partial charge on any atom is 0.242 e. The van der Waals surface area contributed by atoms with E-state index in [1.54, 1.807) is 4.90 Å². The normalized spacial score (nSPS) is 17.1. The molecule has 1 aliphatic heterocycles. The zero-order valence-corrected chi connectivity index (χ0v) is 14.0.